The summed E-state index contributed by atoms with van der Waals surface area (Å²) in [5, 5.41) is 21.9. The third kappa shape index (κ3) is 8.22. The van der Waals surface area contributed by atoms with E-state index in [9.17, 15) is 29.5 Å². The summed E-state index contributed by atoms with van der Waals surface area (Å²) in [4.78, 5) is 58.5. The van der Waals surface area contributed by atoms with Crippen molar-refractivity contribution in [3.8, 4) is 23.1 Å². The summed E-state index contributed by atoms with van der Waals surface area (Å²) in [6, 6.07) is 13.2. The summed E-state index contributed by atoms with van der Waals surface area (Å²) in [5.41, 5.74) is -2.90. The molecule has 0 saturated heterocycles. The van der Waals surface area contributed by atoms with Gasteiger partial charge in [-0.25, -0.2) is 9.59 Å². The number of aliphatic hydroxyl groups excluding tert-OH is 1. The first-order valence-electron chi connectivity index (χ1n) is 20.3. The zero-order valence-corrected chi connectivity index (χ0v) is 33.6. The Kier molecular flexibility index (Phi) is 12.6. The maximum absolute atomic E-state index is 14.0. The number of benzene rings is 1. The quantitative estimate of drug-likeness (QED) is 0.0948. The number of hydrogen-bond acceptors (Lipinski definition) is 12. The van der Waals surface area contributed by atoms with Gasteiger partial charge in [-0.2, -0.15) is 5.26 Å². The first-order chi connectivity index (χ1) is 27.3. The summed E-state index contributed by atoms with van der Waals surface area (Å²) in [5.74, 6) is -2.38. The molecule has 3 aromatic rings. The van der Waals surface area contributed by atoms with Gasteiger partial charge in [-0.15, -0.1) is 0 Å². The normalized spacial score (nSPS) is 28.7. The molecular formula is C45H54N2O10. The highest BCUT2D eigenvalue weighted by atomic mass is 16.6. The lowest BCUT2D eigenvalue weighted by Gasteiger charge is -2.66. The molecule has 12 heteroatoms. The van der Waals surface area contributed by atoms with E-state index in [1.165, 1.54) is 24.3 Å². The van der Waals surface area contributed by atoms with E-state index in [2.05, 4.69) is 24.9 Å². The highest BCUT2D eigenvalue weighted by Gasteiger charge is 2.71. The molecule has 1 N–H and O–H groups in total. The van der Waals surface area contributed by atoms with Crippen LogP contribution < -0.4 is 10.4 Å². The summed E-state index contributed by atoms with van der Waals surface area (Å²) < 4.78 is 31.4. The molecule has 3 aliphatic rings. The number of carbonyl (C=O) groups is 3. The summed E-state index contributed by atoms with van der Waals surface area (Å²) in [6.45, 7) is 9.82. The van der Waals surface area contributed by atoms with E-state index in [-0.39, 0.29) is 60.4 Å². The fourth-order valence-electron chi connectivity index (χ4n) is 9.82. The van der Waals surface area contributed by atoms with Gasteiger partial charge in [-0.05, 0) is 86.8 Å². The van der Waals surface area contributed by atoms with Gasteiger partial charge in [0.25, 0.3) is 0 Å². The standard InChI is InChI=1S/C45H54N2O10/c1-6-8-10-14-36(48)53-27-44(4)33-24-35(56-41(51)29-18-16-28(25-46)17-19-29)45(5)40(43(33,3)21-20-34(44)55-37(49)15-11-9-7-2)39(50)38-32(57-45)23-31(54-42(38)52)30-13-12-22-47-26-30/h12-13,16-19,22-23,26,33-35,39-40,50H,6-11,14-15,20-21,24,27H2,1-5H3/t33?,34-,35-,39?,40?,43-,44-,45+/m0/s1. The maximum atomic E-state index is 14.0. The first kappa shape index (κ1) is 41.6. The van der Waals surface area contributed by atoms with Crippen molar-refractivity contribution in [1.29, 1.82) is 5.26 Å². The Hall–Kier alpha value is -5.02. The van der Waals surface area contributed by atoms with Crippen LogP contribution in [0, 0.1) is 34.0 Å². The molecule has 0 bridgehead atoms. The number of pyridine rings is 1. The van der Waals surface area contributed by atoms with Gasteiger partial charge in [0.2, 0.25) is 0 Å². The lowest BCUT2D eigenvalue weighted by molar-refractivity contribution is -0.267. The van der Waals surface area contributed by atoms with E-state index in [0.29, 0.717) is 36.8 Å². The Labute approximate surface area is 333 Å². The third-order valence-corrected chi connectivity index (χ3v) is 12.8. The van der Waals surface area contributed by atoms with Crippen LogP contribution in [0.1, 0.15) is 133 Å². The van der Waals surface area contributed by atoms with Crippen molar-refractivity contribution in [1.82, 2.24) is 4.98 Å². The smallest absolute Gasteiger partial charge is 0.345 e. The molecule has 1 aliphatic heterocycles. The lowest BCUT2D eigenvalue weighted by atomic mass is 9.42. The van der Waals surface area contributed by atoms with Crippen molar-refractivity contribution in [2.24, 2.45) is 22.7 Å². The summed E-state index contributed by atoms with van der Waals surface area (Å²) in [6.07, 6.45) is 6.64. The molecule has 6 rings (SSSR count). The van der Waals surface area contributed by atoms with Crippen molar-refractivity contribution in [2.75, 3.05) is 6.61 Å². The Bertz CT molecular complexity index is 2030. The second-order valence-electron chi connectivity index (χ2n) is 16.6. The highest BCUT2D eigenvalue weighted by Crippen LogP contribution is 2.67. The van der Waals surface area contributed by atoms with Gasteiger partial charge < -0.3 is 28.5 Å². The molecule has 3 unspecified atom stereocenters. The molecule has 3 heterocycles. The number of rotatable bonds is 14. The Morgan fingerprint density at radius 3 is 2.32 bits per heavy atom. The Balaban J connectivity index is 1.44. The molecule has 0 radical (unpaired) electrons. The Morgan fingerprint density at radius 2 is 1.67 bits per heavy atom. The van der Waals surface area contributed by atoms with E-state index in [1.54, 1.807) is 37.5 Å². The zero-order valence-electron chi connectivity index (χ0n) is 33.6. The fraction of sp³-hybridized carbons (Fsp3) is 0.556. The minimum atomic E-state index is -1.42. The van der Waals surface area contributed by atoms with Gasteiger partial charge in [0.05, 0.1) is 23.3 Å². The molecule has 57 heavy (non-hydrogen) atoms. The van der Waals surface area contributed by atoms with E-state index < -0.39 is 58.2 Å². The van der Waals surface area contributed by atoms with E-state index in [1.807, 2.05) is 13.8 Å². The van der Waals surface area contributed by atoms with Gasteiger partial charge >= 0.3 is 23.5 Å². The van der Waals surface area contributed by atoms with Gasteiger partial charge in [0.1, 0.15) is 41.5 Å². The number of aromatic nitrogens is 1. The maximum Gasteiger partial charge on any atom is 0.345 e. The topological polar surface area (TPSA) is 175 Å². The van der Waals surface area contributed by atoms with Crippen molar-refractivity contribution in [3.05, 3.63) is 82.0 Å². The van der Waals surface area contributed by atoms with Gasteiger partial charge in [-0.1, -0.05) is 53.4 Å². The predicted octanol–water partition coefficient (Wildman–Crippen LogP) is 8.04. The number of hydrogen-bond donors (Lipinski definition) is 1. The van der Waals surface area contributed by atoms with Gasteiger partial charge in [0.15, 0.2) is 0 Å². The van der Waals surface area contributed by atoms with Crippen LogP contribution >= 0.6 is 0 Å². The van der Waals surface area contributed by atoms with Gasteiger partial charge in [-0.3, -0.25) is 14.6 Å². The summed E-state index contributed by atoms with van der Waals surface area (Å²) in [7, 11) is 0. The second-order valence-corrected chi connectivity index (χ2v) is 16.6. The van der Waals surface area contributed by atoms with Crippen molar-refractivity contribution in [2.45, 2.75) is 129 Å². The Morgan fingerprint density at radius 1 is 0.965 bits per heavy atom. The van der Waals surface area contributed by atoms with E-state index in [4.69, 9.17) is 23.4 Å². The van der Waals surface area contributed by atoms with Crippen LogP contribution in [0.3, 0.4) is 0 Å². The number of ether oxygens (including phenoxy) is 4. The molecule has 0 spiro atoms. The average Bonchev–Trinajstić information content (AvgIpc) is 3.19. The first-order valence-corrected chi connectivity index (χ1v) is 20.3. The predicted molar refractivity (Wildman–Crippen MR) is 209 cm³/mol. The van der Waals surface area contributed by atoms with Crippen LogP contribution in [0.25, 0.3) is 11.3 Å². The SMILES string of the molecule is CCCCCC(=O)OC[C@@]1(C)C2C[C@H](OC(=O)c3ccc(C#N)cc3)[C@@]3(C)Oc4cc(-c5cccnc5)oc(=O)c4C(O)C3[C@@]2(C)CC[C@@H]1OC(=O)CCCCC. The second kappa shape index (κ2) is 17.2. The molecule has 2 aromatic heterocycles. The number of nitriles is 1. The number of fused-ring (bicyclic) bond motifs is 4. The van der Waals surface area contributed by atoms with Gasteiger partial charge in [0, 0.05) is 48.2 Å². The lowest BCUT2D eigenvalue weighted by Crippen LogP contribution is -2.71. The zero-order chi connectivity index (χ0) is 41.0. The number of unbranched alkanes of at least 4 members (excludes halogenated alkanes) is 4. The molecule has 2 saturated carbocycles. The van der Waals surface area contributed by atoms with Crippen LogP contribution in [-0.2, 0) is 23.8 Å². The van der Waals surface area contributed by atoms with Crippen LogP contribution in [0.15, 0.2) is 64.1 Å². The largest absolute Gasteiger partial charge is 0.482 e. The van der Waals surface area contributed by atoms with Crippen molar-refractivity contribution >= 4 is 17.9 Å². The molecule has 2 aliphatic carbocycles. The monoisotopic (exact) mass is 782 g/mol. The molecule has 1 aromatic carbocycles. The van der Waals surface area contributed by atoms with Crippen molar-refractivity contribution in [3.63, 3.8) is 0 Å². The van der Waals surface area contributed by atoms with Crippen LogP contribution in [0.5, 0.6) is 5.75 Å². The van der Waals surface area contributed by atoms with Crippen LogP contribution in [0.4, 0.5) is 0 Å². The molecule has 12 nitrogen and oxygen atoms in total. The minimum absolute atomic E-state index is 0.0438. The number of aliphatic hydroxyl groups is 1. The third-order valence-electron chi connectivity index (χ3n) is 12.8. The number of carbonyl (C=O) groups excluding carboxylic acids is 3. The summed E-state index contributed by atoms with van der Waals surface area (Å²) >= 11 is 0. The molecule has 2 fully saturated rings. The molecular weight excluding hydrogens is 728 g/mol. The molecule has 8 atom stereocenters. The number of nitrogens with zero attached hydrogens (tertiary/aromatic N) is 2. The minimum Gasteiger partial charge on any atom is -0.482 e. The van der Waals surface area contributed by atoms with Crippen LogP contribution in [-0.4, -0.2) is 52.4 Å². The average molecular weight is 783 g/mol. The fourth-order valence-corrected chi connectivity index (χ4v) is 9.82. The molecule has 0 amide bonds. The van der Waals surface area contributed by atoms with Crippen LogP contribution in [0.2, 0.25) is 0 Å². The number of esters is 3. The van der Waals surface area contributed by atoms with E-state index >= 15 is 0 Å². The van der Waals surface area contributed by atoms with Crippen molar-refractivity contribution < 1.29 is 42.9 Å². The highest BCUT2D eigenvalue weighted by molar-refractivity contribution is 5.89. The molecule has 304 valence electrons. The van der Waals surface area contributed by atoms with E-state index in [0.717, 1.165) is 25.7 Å².